The van der Waals surface area contributed by atoms with Crippen LogP contribution in [0.3, 0.4) is 0 Å². The highest BCUT2D eigenvalue weighted by Gasteiger charge is 2.47. The average Bonchev–Trinajstić information content (AvgIpc) is 2.40. The van der Waals surface area contributed by atoms with Gasteiger partial charge in [-0.05, 0) is 55.7 Å². The molecule has 1 aromatic carbocycles. The van der Waals surface area contributed by atoms with Crippen LogP contribution in [0.5, 0.6) is 0 Å². The number of benzene rings is 1. The predicted octanol–water partition coefficient (Wildman–Crippen LogP) is 3.00. The summed E-state index contributed by atoms with van der Waals surface area (Å²) in [5, 5.41) is 11.8. The van der Waals surface area contributed by atoms with Gasteiger partial charge < -0.3 is 17.5 Å². The molecule has 0 heterocycles. The first kappa shape index (κ1) is 20.2. The minimum absolute atomic E-state index is 0. The van der Waals surface area contributed by atoms with Crippen LogP contribution in [-0.2, 0) is 5.41 Å². The van der Waals surface area contributed by atoms with Gasteiger partial charge in [0.1, 0.15) is 0 Å². The van der Waals surface area contributed by atoms with Crippen molar-refractivity contribution in [3.05, 3.63) is 33.8 Å². The maximum Gasteiger partial charge on any atom is 0.248 e. The monoisotopic (exact) mass is 397 g/mol. The molecular weight excluding hydrogens is 377 g/mol. The van der Waals surface area contributed by atoms with Crippen LogP contribution in [0.2, 0.25) is 10.0 Å². The number of aliphatic hydroxyl groups excluding tert-OH is 1. The van der Waals surface area contributed by atoms with E-state index in [1.807, 2.05) is 12.1 Å². The molecule has 0 saturated heterocycles. The van der Waals surface area contributed by atoms with Gasteiger partial charge in [-0.3, -0.25) is 0 Å². The van der Waals surface area contributed by atoms with Crippen LogP contribution in [0, 0.1) is 5.92 Å². The molecule has 1 aromatic rings. The Balaban J connectivity index is 0.00000208. The minimum atomic E-state index is -2.57. The maximum absolute atomic E-state index is 13.6. The summed E-state index contributed by atoms with van der Waals surface area (Å²) in [5.41, 5.74) is 0.634. The molecule has 0 aliphatic heterocycles. The van der Waals surface area contributed by atoms with Crippen molar-refractivity contribution in [3.63, 3.8) is 0 Å². The minimum Gasteiger partial charge on any atom is -1.00 e. The molecule has 2 aliphatic rings. The molecule has 2 unspecified atom stereocenters. The van der Waals surface area contributed by atoms with E-state index < -0.39 is 12.0 Å². The number of halogens is 5. The maximum atomic E-state index is 13.6. The lowest BCUT2D eigenvalue weighted by molar-refractivity contribution is -0.0677. The Bertz CT molecular complexity index is 575. The SMILES string of the molecule is OC(CC1CCCC(F)(F)C1)C1(c2ccc(Cl)c(Cl)c2)CCC1.[Cl-]. The van der Waals surface area contributed by atoms with Crippen molar-refractivity contribution in [1.29, 1.82) is 0 Å². The van der Waals surface area contributed by atoms with Crippen molar-refractivity contribution in [1.82, 2.24) is 0 Å². The molecule has 6 heteroatoms. The van der Waals surface area contributed by atoms with Gasteiger partial charge in [0, 0.05) is 18.3 Å². The summed E-state index contributed by atoms with van der Waals surface area (Å²) in [7, 11) is 0. The Kier molecular flexibility index (Phi) is 6.45. The van der Waals surface area contributed by atoms with Crippen molar-refractivity contribution in [3.8, 4) is 0 Å². The summed E-state index contributed by atoms with van der Waals surface area (Å²) in [6, 6.07) is 5.48. The van der Waals surface area contributed by atoms with Crippen LogP contribution in [0.1, 0.15) is 56.9 Å². The molecule has 1 nitrogen and oxygen atoms in total. The van der Waals surface area contributed by atoms with Crippen LogP contribution in [-0.4, -0.2) is 17.1 Å². The Morgan fingerprint density at radius 2 is 1.83 bits per heavy atom. The zero-order valence-corrected chi connectivity index (χ0v) is 15.6. The molecule has 2 fully saturated rings. The lowest BCUT2D eigenvalue weighted by Gasteiger charge is -2.47. The Morgan fingerprint density at radius 1 is 1.12 bits per heavy atom. The first-order valence-electron chi connectivity index (χ1n) is 8.34. The van der Waals surface area contributed by atoms with Gasteiger partial charge in [-0.2, -0.15) is 0 Å². The largest absolute Gasteiger partial charge is 1.00 e. The van der Waals surface area contributed by atoms with Gasteiger partial charge in [-0.15, -0.1) is 0 Å². The van der Waals surface area contributed by atoms with E-state index in [0.29, 0.717) is 22.9 Å². The van der Waals surface area contributed by atoms with Crippen LogP contribution >= 0.6 is 23.2 Å². The Morgan fingerprint density at radius 3 is 2.38 bits per heavy atom. The van der Waals surface area contributed by atoms with Crippen molar-refractivity contribution in [2.45, 2.75) is 68.8 Å². The zero-order valence-electron chi connectivity index (χ0n) is 13.4. The fourth-order valence-corrected chi connectivity index (χ4v) is 4.49. The van der Waals surface area contributed by atoms with Gasteiger partial charge in [-0.25, -0.2) is 8.78 Å². The number of rotatable bonds is 4. The quantitative estimate of drug-likeness (QED) is 0.827. The van der Waals surface area contributed by atoms with E-state index in [1.54, 1.807) is 6.07 Å². The van der Waals surface area contributed by atoms with Gasteiger partial charge in [-0.1, -0.05) is 35.7 Å². The summed E-state index contributed by atoms with van der Waals surface area (Å²) in [4.78, 5) is 0. The second kappa shape index (κ2) is 7.65. The fraction of sp³-hybridized carbons (Fsp3) is 0.667. The molecule has 0 bridgehead atoms. The predicted molar refractivity (Wildman–Crippen MR) is 89.5 cm³/mol. The van der Waals surface area contributed by atoms with Crippen LogP contribution in [0.4, 0.5) is 8.78 Å². The molecule has 0 amide bonds. The standard InChI is InChI=1S/C18H22Cl2F2O.ClH/c19-14-5-4-13(10-15(14)20)17(6-2-7-17)16(23)9-12-3-1-8-18(21,22)11-12;/h4-5,10,12,16,23H,1-3,6-9,11H2;1H/p-1. The smallest absolute Gasteiger partial charge is 0.248 e. The molecule has 2 aliphatic carbocycles. The van der Waals surface area contributed by atoms with E-state index in [9.17, 15) is 13.9 Å². The number of hydrogen-bond acceptors (Lipinski definition) is 1. The highest BCUT2D eigenvalue weighted by Crippen LogP contribution is 2.50. The van der Waals surface area contributed by atoms with Crippen LogP contribution in [0.15, 0.2) is 18.2 Å². The highest BCUT2D eigenvalue weighted by atomic mass is 35.5. The summed E-state index contributed by atoms with van der Waals surface area (Å²) in [6.45, 7) is 0. The van der Waals surface area contributed by atoms with E-state index in [2.05, 4.69) is 0 Å². The zero-order chi connectivity index (χ0) is 16.7. The number of hydrogen-bond donors (Lipinski definition) is 1. The topological polar surface area (TPSA) is 20.2 Å². The molecule has 2 saturated carbocycles. The van der Waals surface area contributed by atoms with Gasteiger partial charge in [0.25, 0.3) is 0 Å². The summed E-state index contributed by atoms with van der Waals surface area (Å²) < 4.78 is 27.2. The molecule has 0 radical (unpaired) electrons. The van der Waals surface area contributed by atoms with Crippen molar-refractivity contribution in [2.75, 3.05) is 0 Å². The number of alkyl halides is 2. The Hall–Kier alpha value is -0.0900. The van der Waals surface area contributed by atoms with Gasteiger partial charge in [0.15, 0.2) is 0 Å². The second-order valence-corrected chi connectivity index (χ2v) is 8.02. The fourth-order valence-electron chi connectivity index (χ4n) is 4.20. The highest BCUT2D eigenvalue weighted by molar-refractivity contribution is 6.42. The molecular formula is C18H22Cl3F2O-. The molecule has 0 aromatic heterocycles. The summed E-state index contributed by atoms with van der Waals surface area (Å²) in [6.07, 6.45) is 3.83. The van der Waals surface area contributed by atoms with E-state index in [0.717, 1.165) is 31.2 Å². The molecule has 3 rings (SSSR count). The Labute approximate surface area is 158 Å². The van der Waals surface area contributed by atoms with Gasteiger partial charge >= 0.3 is 0 Å². The third-order valence-electron chi connectivity index (χ3n) is 5.68. The first-order chi connectivity index (χ1) is 10.8. The third-order valence-corrected chi connectivity index (χ3v) is 6.42. The van der Waals surface area contributed by atoms with E-state index in [1.165, 1.54) is 0 Å². The number of aliphatic hydroxyl groups is 1. The van der Waals surface area contributed by atoms with E-state index in [-0.39, 0.29) is 36.6 Å². The molecule has 2 atom stereocenters. The second-order valence-electron chi connectivity index (χ2n) is 7.21. The molecule has 24 heavy (non-hydrogen) atoms. The molecule has 136 valence electrons. The lowest BCUT2D eigenvalue weighted by Crippen LogP contribution is -3.00. The van der Waals surface area contributed by atoms with Gasteiger partial charge in [0.05, 0.1) is 16.1 Å². The van der Waals surface area contributed by atoms with Crippen LogP contribution in [0.25, 0.3) is 0 Å². The normalized spacial score (nSPS) is 26.1. The van der Waals surface area contributed by atoms with Crippen LogP contribution < -0.4 is 12.4 Å². The van der Waals surface area contributed by atoms with E-state index in [4.69, 9.17) is 23.2 Å². The first-order valence-corrected chi connectivity index (χ1v) is 9.09. The lowest BCUT2D eigenvalue weighted by atomic mass is 9.59. The molecule has 0 spiro atoms. The van der Waals surface area contributed by atoms with E-state index >= 15 is 0 Å². The van der Waals surface area contributed by atoms with Gasteiger partial charge in [0.2, 0.25) is 5.92 Å². The van der Waals surface area contributed by atoms with Crippen molar-refractivity contribution < 1.29 is 26.3 Å². The third kappa shape index (κ3) is 4.00. The average molecular weight is 399 g/mol. The summed E-state index contributed by atoms with van der Waals surface area (Å²) >= 11 is 12.1. The van der Waals surface area contributed by atoms with Crippen molar-refractivity contribution >= 4 is 23.2 Å². The molecule has 1 N–H and O–H groups in total. The summed E-state index contributed by atoms with van der Waals surface area (Å²) in [5.74, 6) is -2.67. The van der Waals surface area contributed by atoms with Crippen molar-refractivity contribution in [2.24, 2.45) is 5.92 Å².